The van der Waals surface area contributed by atoms with Gasteiger partial charge in [0.2, 0.25) is 5.69 Å². The van der Waals surface area contributed by atoms with Gasteiger partial charge in [-0.25, -0.2) is 14.2 Å². The van der Waals surface area contributed by atoms with E-state index in [0.29, 0.717) is 5.92 Å². The highest BCUT2D eigenvalue weighted by Crippen LogP contribution is 2.55. The second kappa shape index (κ2) is 18.9. The van der Waals surface area contributed by atoms with Gasteiger partial charge < -0.3 is 42.9 Å². The molecule has 8 nitrogen and oxygen atoms in total. The third kappa shape index (κ3) is 8.61. The van der Waals surface area contributed by atoms with Gasteiger partial charge in [-0.05, 0) is 69.4 Å². The number of aryl methyl sites for hydroxylation is 1. The Morgan fingerprint density at radius 1 is 0.820 bits per heavy atom. The molecule has 0 unspecified atom stereocenters. The summed E-state index contributed by atoms with van der Waals surface area (Å²) in [4.78, 5) is 31.0. The fourth-order valence-electron chi connectivity index (χ4n) is 8.27. The Kier molecular flexibility index (Phi) is 15.9. The minimum atomic E-state index is -0.574. The first kappa shape index (κ1) is 42.0. The van der Waals surface area contributed by atoms with Crippen molar-refractivity contribution in [2.45, 2.75) is 65.0 Å². The number of halogens is 2. The Bertz CT molecular complexity index is 1580. The lowest BCUT2D eigenvalue weighted by atomic mass is 9.67. The van der Waals surface area contributed by atoms with E-state index in [1.54, 1.807) is 6.20 Å². The number of methoxy groups -OCH3 is 2. The van der Waals surface area contributed by atoms with Crippen LogP contribution in [0.25, 0.3) is 0 Å². The van der Waals surface area contributed by atoms with E-state index in [2.05, 4.69) is 91.2 Å². The fraction of sp³-hybridized carbons (Fsp3) is 0.500. The maximum Gasteiger partial charge on any atom is 0.335 e. The molecule has 50 heavy (non-hydrogen) atoms. The van der Waals surface area contributed by atoms with Gasteiger partial charge in [0.1, 0.15) is 19.3 Å². The normalized spacial score (nSPS) is 30.6. The Morgan fingerprint density at radius 3 is 1.74 bits per heavy atom. The quantitative estimate of drug-likeness (QED) is 0.140. The van der Waals surface area contributed by atoms with E-state index in [-0.39, 0.29) is 77.7 Å². The zero-order valence-electron chi connectivity index (χ0n) is 30.5. The monoisotopic (exact) mass is 910 g/mol. The molecule has 0 saturated carbocycles. The number of esters is 2. The first-order chi connectivity index (χ1) is 23.5. The Labute approximate surface area is 328 Å². The molecule has 2 saturated heterocycles. The Hall–Kier alpha value is -2.42. The predicted molar refractivity (Wildman–Crippen MR) is 198 cm³/mol. The summed E-state index contributed by atoms with van der Waals surface area (Å²) in [5.41, 5.74) is 6.63. The van der Waals surface area contributed by atoms with Crippen LogP contribution >= 0.6 is 22.6 Å². The van der Waals surface area contributed by atoms with Crippen molar-refractivity contribution in [3.8, 4) is 0 Å². The van der Waals surface area contributed by atoms with E-state index in [0.717, 1.165) is 35.4 Å². The zero-order valence-corrected chi connectivity index (χ0v) is 34.8. The molecule has 4 aliphatic rings. The van der Waals surface area contributed by atoms with Gasteiger partial charge in [-0.15, -0.1) is 0 Å². The highest BCUT2D eigenvalue weighted by Gasteiger charge is 2.56. The molecule has 0 aromatic carbocycles. The number of hydrogen-bond donors (Lipinski definition) is 0. The molecular weight excluding hydrogens is 858 g/mol. The molecule has 0 amide bonds. The number of rotatable bonds is 6. The first-order valence-electron chi connectivity index (χ1n) is 16.8. The summed E-state index contributed by atoms with van der Waals surface area (Å²) in [5, 5.41) is 0. The van der Waals surface area contributed by atoms with Gasteiger partial charge in [-0.2, -0.15) is 0 Å². The van der Waals surface area contributed by atoms with Crippen molar-refractivity contribution in [2.24, 2.45) is 42.6 Å². The molecule has 2 aliphatic heterocycles. The molecule has 0 bridgehead atoms. The van der Waals surface area contributed by atoms with E-state index in [1.165, 1.54) is 25.4 Å². The van der Waals surface area contributed by atoms with Crippen molar-refractivity contribution in [3.63, 3.8) is 0 Å². The molecule has 6 rings (SSSR count). The topological polar surface area (TPSA) is 87.8 Å². The molecule has 10 heteroatoms. The summed E-state index contributed by atoms with van der Waals surface area (Å²) in [6.45, 7) is 16.7. The zero-order chi connectivity index (χ0) is 36.0. The van der Waals surface area contributed by atoms with Crippen LogP contribution in [-0.4, -0.2) is 48.3 Å². The Balaban J connectivity index is 0.000000253. The smallest absolute Gasteiger partial charge is 0.335 e. The van der Waals surface area contributed by atoms with Crippen LogP contribution in [0.3, 0.4) is 0 Å². The summed E-state index contributed by atoms with van der Waals surface area (Å²) in [6, 6.07) is 11.9. The summed E-state index contributed by atoms with van der Waals surface area (Å²) in [5.74, 6) is 0.406. The molecular formula is C40H52I2N2O6. The van der Waals surface area contributed by atoms with Crippen LogP contribution in [0, 0.1) is 35.5 Å². The summed E-state index contributed by atoms with van der Waals surface area (Å²) in [7, 11) is 4.85. The van der Waals surface area contributed by atoms with Crippen LogP contribution in [0.5, 0.6) is 0 Å². The van der Waals surface area contributed by atoms with E-state index in [9.17, 15) is 9.59 Å². The number of carbonyl (C=O) groups is 2. The molecule has 0 N–H and O–H groups in total. The molecule has 2 aromatic rings. The molecule has 2 aliphatic carbocycles. The van der Waals surface area contributed by atoms with E-state index < -0.39 is 12.2 Å². The predicted octanol–water partition coefficient (Wildman–Crippen LogP) is 4.42. The second-order valence-corrected chi connectivity index (χ2v) is 13.5. The van der Waals surface area contributed by atoms with Gasteiger partial charge in [-0.3, -0.25) is 4.98 Å². The minimum Gasteiger partial charge on any atom is -1.00 e. The maximum absolute atomic E-state index is 12.3. The number of hydrogen-bond acceptors (Lipinski definition) is 7. The highest BCUT2D eigenvalue weighted by molar-refractivity contribution is 14.1. The largest absolute Gasteiger partial charge is 1.00 e. The third-order valence-corrected chi connectivity index (χ3v) is 10.6. The number of carbonyl (C=O) groups excluding carboxylic acids is 2. The van der Waals surface area contributed by atoms with Crippen molar-refractivity contribution < 1.29 is 57.1 Å². The van der Waals surface area contributed by atoms with Crippen LogP contribution in [0.1, 0.15) is 64.1 Å². The number of ether oxygens (including phenoxy) is 4. The van der Waals surface area contributed by atoms with Gasteiger partial charge in [0.25, 0.3) is 0 Å². The van der Waals surface area contributed by atoms with E-state index in [1.807, 2.05) is 48.5 Å². The van der Waals surface area contributed by atoms with E-state index >= 15 is 0 Å². The standard InChI is InChI=1S/C20H26NO3.C19H23NO3.CH3I.HI/c1-12(2)14-10-9-13(3)16-17(14)18(24-19(16)20(22)23-5)15-8-6-7-11-21(15)4;1-11(2)13-9-8-12(3)15-16(13)17(14-7-5-6-10-20-14)23-18(15)19(21)22-4;1-2;/h6-9,11,14,16-19H,1,10H2,2-5H3;5-8,10,13,15-18H,1,9H2,2-4H3;1H3;1H/q+1;;;/p-1/t14-,16+,17-,18+,19+;13-,15+,16-,17+,18+;;/m11../s1. The van der Waals surface area contributed by atoms with Crippen molar-refractivity contribution in [3.05, 3.63) is 108 Å². The average Bonchev–Trinajstić information content (AvgIpc) is 3.71. The van der Waals surface area contributed by atoms with Crippen molar-refractivity contribution >= 4 is 34.5 Å². The molecule has 0 spiro atoms. The lowest BCUT2D eigenvalue weighted by Gasteiger charge is -2.35. The Morgan fingerprint density at radius 2 is 1.30 bits per heavy atom. The third-order valence-electron chi connectivity index (χ3n) is 10.6. The number of alkyl halides is 1. The second-order valence-electron chi connectivity index (χ2n) is 13.5. The molecule has 4 heterocycles. The van der Waals surface area contributed by atoms with Crippen LogP contribution in [-0.2, 0) is 35.6 Å². The number of allylic oxidation sites excluding steroid dienone is 4. The van der Waals surface area contributed by atoms with Crippen molar-refractivity contribution in [1.29, 1.82) is 0 Å². The van der Waals surface area contributed by atoms with Gasteiger partial charge in [-0.1, -0.05) is 82.3 Å². The molecule has 2 aromatic heterocycles. The number of pyridine rings is 2. The lowest BCUT2D eigenvalue weighted by Crippen LogP contribution is -3.00. The van der Waals surface area contributed by atoms with Crippen molar-refractivity contribution in [2.75, 3.05) is 19.2 Å². The van der Waals surface area contributed by atoms with Gasteiger partial charge in [0.15, 0.2) is 18.4 Å². The fourth-order valence-corrected chi connectivity index (χ4v) is 8.27. The van der Waals surface area contributed by atoms with Gasteiger partial charge in [0, 0.05) is 42.0 Å². The minimum absolute atomic E-state index is 0. The maximum atomic E-state index is 12.3. The SMILES string of the molecule is C=C(C)[C@H]1CC=C(C)[C@H]2[C@@H]1[C@H](c1cccc[n+]1C)O[C@@H]2C(=O)OC.C=C(C)[C@H]1CC=C(C)[C@H]2[C@@H]1[C@H](c1ccccn1)O[C@@H]2C(=O)OC.CI.[I-]. The van der Waals surface area contributed by atoms with Crippen LogP contribution in [0.4, 0.5) is 0 Å². The number of aromatic nitrogens is 2. The summed E-state index contributed by atoms with van der Waals surface area (Å²) < 4.78 is 24.6. The van der Waals surface area contributed by atoms with Crippen LogP contribution in [0.2, 0.25) is 0 Å². The lowest BCUT2D eigenvalue weighted by molar-refractivity contribution is -0.683. The first-order valence-corrected chi connectivity index (χ1v) is 19.0. The summed E-state index contributed by atoms with van der Waals surface area (Å²) >= 11 is 2.15. The molecule has 272 valence electrons. The molecule has 0 radical (unpaired) electrons. The highest BCUT2D eigenvalue weighted by atomic mass is 127. The molecule has 10 atom stereocenters. The number of nitrogens with zero attached hydrogens (tertiary/aromatic N) is 2. The van der Waals surface area contributed by atoms with Crippen LogP contribution in [0.15, 0.2) is 96.4 Å². The van der Waals surface area contributed by atoms with Crippen LogP contribution < -0.4 is 28.5 Å². The average molecular weight is 911 g/mol. The summed E-state index contributed by atoms with van der Waals surface area (Å²) in [6.07, 6.45) is 8.62. The number of fused-ring (bicyclic) bond motifs is 2. The van der Waals surface area contributed by atoms with E-state index in [4.69, 9.17) is 18.9 Å². The van der Waals surface area contributed by atoms with Crippen molar-refractivity contribution in [1.82, 2.24) is 4.98 Å². The molecule has 2 fully saturated rings. The van der Waals surface area contributed by atoms with Gasteiger partial charge >= 0.3 is 11.9 Å². The van der Waals surface area contributed by atoms with Gasteiger partial charge in [0.05, 0.1) is 19.9 Å².